The third-order valence-electron chi connectivity index (χ3n) is 6.45. The van der Waals surface area contributed by atoms with Crippen LogP contribution < -0.4 is 4.74 Å². The summed E-state index contributed by atoms with van der Waals surface area (Å²) in [6.45, 7) is 1.83. The van der Waals surface area contributed by atoms with E-state index >= 15 is 0 Å². The van der Waals surface area contributed by atoms with E-state index in [2.05, 4.69) is 0 Å². The molecule has 37 heavy (non-hydrogen) atoms. The van der Waals surface area contributed by atoms with Gasteiger partial charge in [-0.25, -0.2) is 8.42 Å². The van der Waals surface area contributed by atoms with Gasteiger partial charge in [0.05, 0.1) is 36.8 Å². The average Bonchev–Trinajstić information content (AvgIpc) is 3.18. The molecule has 0 aromatic heterocycles. The third-order valence-corrected chi connectivity index (χ3v) is 8.37. The number of methoxy groups -OCH3 is 2. The fraction of sp³-hybridized carbons (Fsp3) is 0.385. The van der Waals surface area contributed by atoms with Gasteiger partial charge in [-0.2, -0.15) is 4.31 Å². The van der Waals surface area contributed by atoms with Crippen LogP contribution in [0.15, 0.2) is 59.0 Å². The van der Waals surface area contributed by atoms with Gasteiger partial charge in [0.15, 0.2) is 0 Å². The summed E-state index contributed by atoms with van der Waals surface area (Å²) in [6, 6.07) is 11.7. The first-order valence-electron chi connectivity index (χ1n) is 11.9. The van der Waals surface area contributed by atoms with Gasteiger partial charge in [0.1, 0.15) is 11.5 Å². The summed E-state index contributed by atoms with van der Waals surface area (Å²) >= 11 is 0. The first-order valence-corrected chi connectivity index (χ1v) is 13.3. The van der Waals surface area contributed by atoms with E-state index in [0.29, 0.717) is 37.6 Å². The summed E-state index contributed by atoms with van der Waals surface area (Å²) in [6.07, 6.45) is 0.504. The Balaban J connectivity index is 1.72. The number of likely N-dealkylation sites (tertiary alicyclic amines) is 1. The minimum absolute atomic E-state index is 0.0589. The van der Waals surface area contributed by atoms with E-state index in [1.165, 1.54) is 40.6 Å². The summed E-state index contributed by atoms with van der Waals surface area (Å²) in [5.41, 5.74) is 0.802. The predicted octanol–water partition coefficient (Wildman–Crippen LogP) is 2.17. The number of ether oxygens (including phenoxy) is 3. The first-order chi connectivity index (χ1) is 17.8. The molecule has 2 heterocycles. The molecule has 2 aliphatic rings. The van der Waals surface area contributed by atoms with Gasteiger partial charge in [0.2, 0.25) is 10.0 Å². The van der Waals surface area contributed by atoms with E-state index in [1.807, 2.05) is 0 Å². The summed E-state index contributed by atoms with van der Waals surface area (Å²) < 4.78 is 42.8. The number of carbonyl (C=O) groups is 2. The molecule has 1 amide bonds. The van der Waals surface area contributed by atoms with Gasteiger partial charge in [0.25, 0.3) is 11.7 Å². The molecule has 2 aromatic rings. The van der Waals surface area contributed by atoms with Crippen molar-refractivity contribution in [2.75, 3.05) is 53.7 Å². The molecule has 2 aromatic carbocycles. The van der Waals surface area contributed by atoms with E-state index in [4.69, 9.17) is 14.2 Å². The number of morpholine rings is 1. The SMILES string of the molecule is COCCCN1C(=O)C(=O)/C(=C(/O)c2ccc(S(=O)(=O)N3CCOCC3)cc2)[C@@H]1c1ccc(OC)cc1. The second-order valence-corrected chi connectivity index (χ2v) is 10.6. The van der Waals surface area contributed by atoms with Gasteiger partial charge in [-0.3, -0.25) is 9.59 Å². The average molecular weight is 531 g/mol. The molecule has 2 fully saturated rings. The van der Waals surface area contributed by atoms with Gasteiger partial charge < -0.3 is 24.2 Å². The lowest BCUT2D eigenvalue weighted by molar-refractivity contribution is -0.140. The van der Waals surface area contributed by atoms with Crippen LogP contribution in [0.25, 0.3) is 5.76 Å². The number of ketones is 1. The van der Waals surface area contributed by atoms with Crippen molar-refractivity contribution < 1.29 is 37.3 Å². The quantitative estimate of drug-likeness (QED) is 0.227. The molecule has 2 aliphatic heterocycles. The number of sulfonamides is 1. The number of hydrogen-bond donors (Lipinski definition) is 1. The van der Waals surface area contributed by atoms with Crippen LogP contribution in [-0.4, -0.2) is 88.1 Å². The zero-order valence-corrected chi connectivity index (χ0v) is 21.6. The Labute approximate surface area is 216 Å². The largest absolute Gasteiger partial charge is 0.507 e. The number of nitrogens with zero attached hydrogens (tertiary/aromatic N) is 2. The van der Waals surface area contributed by atoms with Gasteiger partial charge in [-0.1, -0.05) is 12.1 Å². The highest BCUT2D eigenvalue weighted by atomic mass is 32.2. The number of carbonyl (C=O) groups excluding carboxylic acids is 2. The number of hydrogen-bond acceptors (Lipinski definition) is 8. The minimum atomic E-state index is -3.72. The van der Waals surface area contributed by atoms with Gasteiger partial charge in [0, 0.05) is 38.9 Å². The molecule has 0 radical (unpaired) electrons. The maximum atomic E-state index is 13.1. The Hall–Kier alpha value is -3.25. The zero-order valence-electron chi connectivity index (χ0n) is 20.8. The lowest BCUT2D eigenvalue weighted by atomic mass is 9.95. The molecule has 11 heteroatoms. The number of rotatable bonds is 9. The van der Waals surface area contributed by atoms with Crippen LogP contribution in [0, 0.1) is 0 Å². The van der Waals surface area contributed by atoms with Crippen molar-refractivity contribution in [3.63, 3.8) is 0 Å². The number of benzene rings is 2. The molecule has 0 bridgehead atoms. The second-order valence-electron chi connectivity index (χ2n) is 8.65. The van der Waals surface area contributed by atoms with Crippen molar-refractivity contribution in [1.29, 1.82) is 0 Å². The van der Waals surface area contributed by atoms with Crippen molar-refractivity contribution in [2.24, 2.45) is 0 Å². The topological polar surface area (TPSA) is 123 Å². The molecular weight excluding hydrogens is 500 g/mol. The molecule has 0 spiro atoms. The van der Waals surface area contributed by atoms with Crippen molar-refractivity contribution in [1.82, 2.24) is 9.21 Å². The molecule has 4 rings (SSSR count). The molecular formula is C26H30N2O8S. The Bertz CT molecular complexity index is 1270. The summed E-state index contributed by atoms with van der Waals surface area (Å²) in [5, 5.41) is 11.2. The second kappa shape index (κ2) is 11.4. The number of aliphatic hydroxyl groups excluding tert-OH is 1. The van der Waals surface area contributed by atoms with Crippen molar-refractivity contribution in [2.45, 2.75) is 17.4 Å². The summed E-state index contributed by atoms with van der Waals surface area (Å²) in [4.78, 5) is 27.6. The zero-order chi connectivity index (χ0) is 26.6. The highest BCUT2D eigenvalue weighted by molar-refractivity contribution is 7.89. The number of amides is 1. The first kappa shape index (κ1) is 26.8. The van der Waals surface area contributed by atoms with Gasteiger partial charge in [-0.05, 0) is 48.4 Å². The van der Waals surface area contributed by atoms with Gasteiger partial charge >= 0.3 is 0 Å². The third kappa shape index (κ3) is 5.40. The standard InChI is InChI=1S/C26H30N2O8S/c1-34-15-3-12-28-23(18-4-8-20(35-2)9-5-18)22(25(30)26(28)31)24(29)19-6-10-21(11-7-19)37(32,33)27-13-16-36-17-14-27/h4-11,23,29H,3,12-17H2,1-2H3/b24-22+/t23-/m0/s1. The van der Waals surface area contributed by atoms with E-state index in [0.717, 1.165) is 0 Å². The molecule has 0 aliphatic carbocycles. The smallest absolute Gasteiger partial charge is 0.295 e. The minimum Gasteiger partial charge on any atom is -0.507 e. The molecule has 2 saturated heterocycles. The lowest BCUT2D eigenvalue weighted by Gasteiger charge is -2.26. The Morgan fingerprint density at radius 1 is 1.03 bits per heavy atom. The maximum absolute atomic E-state index is 13.1. The number of Topliss-reactive ketones (excluding diaryl/α,β-unsaturated/α-hetero) is 1. The van der Waals surface area contributed by atoms with E-state index in [9.17, 15) is 23.1 Å². The van der Waals surface area contributed by atoms with Crippen LogP contribution >= 0.6 is 0 Å². The molecule has 0 saturated carbocycles. The highest BCUT2D eigenvalue weighted by Gasteiger charge is 2.45. The van der Waals surface area contributed by atoms with Crippen molar-refractivity contribution >= 4 is 27.5 Å². The molecule has 10 nitrogen and oxygen atoms in total. The van der Waals surface area contributed by atoms with Crippen LogP contribution in [0.4, 0.5) is 0 Å². The van der Waals surface area contributed by atoms with Crippen LogP contribution in [0.2, 0.25) is 0 Å². The van der Waals surface area contributed by atoms with Crippen LogP contribution in [-0.2, 0) is 29.1 Å². The van der Waals surface area contributed by atoms with E-state index in [1.54, 1.807) is 31.4 Å². The molecule has 1 N–H and O–H groups in total. The predicted molar refractivity (Wildman–Crippen MR) is 135 cm³/mol. The molecule has 198 valence electrons. The van der Waals surface area contributed by atoms with Crippen molar-refractivity contribution in [3.05, 3.63) is 65.2 Å². The van der Waals surface area contributed by atoms with E-state index < -0.39 is 27.8 Å². The molecule has 1 atom stereocenters. The van der Waals surface area contributed by atoms with Crippen LogP contribution in [0.5, 0.6) is 5.75 Å². The fourth-order valence-corrected chi connectivity index (χ4v) is 5.91. The molecule has 0 unspecified atom stereocenters. The van der Waals surface area contributed by atoms with Crippen molar-refractivity contribution in [3.8, 4) is 5.75 Å². The Kier molecular flexibility index (Phi) is 8.28. The summed E-state index contributed by atoms with van der Waals surface area (Å²) in [7, 11) is -0.632. The van der Waals surface area contributed by atoms with Gasteiger partial charge in [-0.15, -0.1) is 0 Å². The summed E-state index contributed by atoms with van der Waals surface area (Å²) in [5.74, 6) is -1.29. The normalized spacial score (nSPS) is 20.4. The van der Waals surface area contributed by atoms with E-state index in [-0.39, 0.29) is 41.4 Å². The van der Waals surface area contributed by atoms with Crippen LogP contribution in [0.1, 0.15) is 23.6 Å². The Morgan fingerprint density at radius 3 is 2.27 bits per heavy atom. The lowest BCUT2D eigenvalue weighted by Crippen LogP contribution is -2.40. The highest BCUT2D eigenvalue weighted by Crippen LogP contribution is 2.40. The fourth-order valence-electron chi connectivity index (χ4n) is 4.50. The Morgan fingerprint density at radius 2 is 1.68 bits per heavy atom. The number of aliphatic hydroxyl groups is 1. The van der Waals surface area contributed by atoms with Crippen LogP contribution in [0.3, 0.4) is 0 Å². The maximum Gasteiger partial charge on any atom is 0.295 e. The monoisotopic (exact) mass is 530 g/mol.